The zero-order valence-corrected chi connectivity index (χ0v) is 16.5. The predicted octanol–water partition coefficient (Wildman–Crippen LogP) is 4.40. The van der Waals surface area contributed by atoms with Crippen LogP contribution in [0.5, 0.6) is 0 Å². The van der Waals surface area contributed by atoms with Gasteiger partial charge in [0.2, 0.25) is 0 Å². The summed E-state index contributed by atoms with van der Waals surface area (Å²) in [4.78, 5) is 32.9. The summed E-state index contributed by atoms with van der Waals surface area (Å²) in [6, 6.07) is 4.30. The molecule has 0 radical (unpaired) electrons. The van der Waals surface area contributed by atoms with Gasteiger partial charge in [0.25, 0.3) is 5.56 Å². The van der Waals surface area contributed by atoms with Gasteiger partial charge in [-0.15, -0.1) is 11.3 Å². The van der Waals surface area contributed by atoms with Gasteiger partial charge in [-0.1, -0.05) is 13.8 Å². The fourth-order valence-corrected chi connectivity index (χ4v) is 5.00. The Hall–Kier alpha value is -2.34. The van der Waals surface area contributed by atoms with Crippen molar-refractivity contribution in [3.8, 4) is 0 Å². The van der Waals surface area contributed by atoms with E-state index in [1.165, 1.54) is 27.6 Å². The fraction of sp³-hybridized carbons (Fsp3) is 0.381. The number of nitrogens with zero attached hydrogens (tertiary/aromatic N) is 2. The minimum Gasteiger partial charge on any atom is -0.292 e. The number of carbonyl (C=O) groups excluding carboxylic acids is 1. The molecule has 4 nitrogen and oxygen atoms in total. The number of hydrogen-bond acceptors (Lipinski definition) is 4. The van der Waals surface area contributed by atoms with Crippen LogP contribution >= 0.6 is 11.3 Å². The average molecular weight is 384 g/mol. The van der Waals surface area contributed by atoms with Crippen molar-refractivity contribution in [3.63, 3.8) is 0 Å². The number of fused-ring (bicyclic) bond motifs is 3. The van der Waals surface area contributed by atoms with E-state index in [0.29, 0.717) is 22.3 Å². The third kappa shape index (κ3) is 3.02. The van der Waals surface area contributed by atoms with Crippen LogP contribution < -0.4 is 5.56 Å². The molecule has 27 heavy (non-hydrogen) atoms. The Labute approximate surface area is 160 Å². The number of thiophene rings is 1. The van der Waals surface area contributed by atoms with Crippen molar-refractivity contribution in [1.29, 1.82) is 0 Å². The largest absolute Gasteiger partial charge is 0.292 e. The van der Waals surface area contributed by atoms with Gasteiger partial charge in [0.15, 0.2) is 5.78 Å². The highest BCUT2D eigenvalue weighted by molar-refractivity contribution is 7.18. The monoisotopic (exact) mass is 384 g/mol. The zero-order valence-electron chi connectivity index (χ0n) is 15.6. The molecule has 0 N–H and O–H groups in total. The Bertz CT molecular complexity index is 1130. The molecule has 0 bridgehead atoms. The van der Waals surface area contributed by atoms with Crippen LogP contribution in [0.15, 0.2) is 23.0 Å². The quantitative estimate of drug-likeness (QED) is 0.627. The highest BCUT2D eigenvalue weighted by Gasteiger charge is 2.24. The van der Waals surface area contributed by atoms with Crippen molar-refractivity contribution >= 4 is 27.3 Å². The van der Waals surface area contributed by atoms with Gasteiger partial charge in [0.05, 0.1) is 11.9 Å². The first-order chi connectivity index (χ1) is 12.9. The van der Waals surface area contributed by atoms with Crippen LogP contribution in [0, 0.1) is 12.7 Å². The van der Waals surface area contributed by atoms with Crippen LogP contribution in [0.2, 0.25) is 0 Å². The SMILES string of the molecule is Cc1cc(C(=O)Cn2c(C(C)C)nc3sc4c(c3c2=O)CCC4)ccc1F. The smallest absolute Gasteiger partial charge is 0.262 e. The number of Topliss-reactive ketones (excluding diaryl/α,β-unsaturated/α-hetero) is 1. The second-order valence-electron chi connectivity index (χ2n) is 7.44. The van der Waals surface area contributed by atoms with Gasteiger partial charge < -0.3 is 0 Å². The van der Waals surface area contributed by atoms with Crippen LogP contribution in [-0.2, 0) is 19.4 Å². The summed E-state index contributed by atoms with van der Waals surface area (Å²) in [7, 11) is 0. The molecule has 0 atom stereocenters. The van der Waals surface area contributed by atoms with E-state index in [2.05, 4.69) is 0 Å². The summed E-state index contributed by atoms with van der Waals surface area (Å²) in [5.74, 6) is 0.0834. The number of carbonyl (C=O) groups is 1. The molecular weight excluding hydrogens is 363 g/mol. The normalized spacial score (nSPS) is 13.5. The molecule has 140 valence electrons. The van der Waals surface area contributed by atoms with E-state index in [1.807, 2.05) is 13.8 Å². The van der Waals surface area contributed by atoms with Gasteiger partial charge in [-0.25, -0.2) is 9.37 Å². The third-order valence-corrected chi connectivity index (χ3v) is 6.34. The van der Waals surface area contributed by atoms with Crippen molar-refractivity contribution in [2.75, 3.05) is 0 Å². The molecule has 2 heterocycles. The van der Waals surface area contributed by atoms with Crippen LogP contribution in [-0.4, -0.2) is 15.3 Å². The van der Waals surface area contributed by atoms with Crippen molar-refractivity contribution < 1.29 is 9.18 Å². The Balaban J connectivity index is 1.83. The summed E-state index contributed by atoms with van der Waals surface area (Å²) in [6.45, 7) is 5.49. The lowest BCUT2D eigenvalue weighted by Gasteiger charge is -2.15. The molecule has 0 fully saturated rings. The highest BCUT2D eigenvalue weighted by Crippen LogP contribution is 2.35. The van der Waals surface area contributed by atoms with Crippen molar-refractivity contribution in [2.45, 2.75) is 52.5 Å². The first kappa shape index (κ1) is 18.0. The molecule has 1 aromatic carbocycles. The van der Waals surface area contributed by atoms with Gasteiger partial charge in [-0.2, -0.15) is 0 Å². The Morgan fingerprint density at radius 1 is 1.33 bits per heavy atom. The van der Waals surface area contributed by atoms with E-state index in [-0.39, 0.29) is 29.6 Å². The van der Waals surface area contributed by atoms with Crippen LogP contribution in [0.25, 0.3) is 10.2 Å². The predicted molar refractivity (Wildman–Crippen MR) is 105 cm³/mol. The van der Waals surface area contributed by atoms with Crippen molar-refractivity contribution in [1.82, 2.24) is 9.55 Å². The second-order valence-corrected chi connectivity index (χ2v) is 8.52. The van der Waals surface area contributed by atoms with Crippen molar-refractivity contribution in [2.24, 2.45) is 0 Å². The van der Waals surface area contributed by atoms with Crippen LogP contribution in [0.3, 0.4) is 0 Å². The van der Waals surface area contributed by atoms with Gasteiger partial charge in [-0.05, 0) is 55.5 Å². The third-order valence-electron chi connectivity index (χ3n) is 5.15. The molecule has 0 aliphatic heterocycles. The van der Waals surface area contributed by atoms with Gasteiger partial charge in [0.1, 0.15) is 16.5 Å². The summed E-state index contributed by atoms with van der Waals surface area (Å²) in [6.07, 6.45) is 2.97. The van der Waals surface area contributed by atoms with Crippen molar-refractivity contribution in [3.05, 3.63) is 61.8 Å². The van der Waals surface area contributed by atoms with E-state index < -0.39 is 0 Å². The van der Waals surface area contributed by atoms with Gasteiger partial charge in [0, 0.05) is 16.4 Å². The molecule has 0 spiro atoms. The van der Waals surface area contributed by atoms with E-state index >= 15 is 0 Å². The van der Waals surface area contributed by atoms with E-state index in [0.717, 1.165) is 29.7 Å². The maximum Gasteiger partial charge on any atom is 0.262 e. The molecule has 0 amide bonds. The van der Waals surface area contributed by atoms with Gasteiger partial charge in [-0.3, -0.25) is 14.2 Å². The standard InChI is InChI=1S/C21H21FN2O2S/c1-11(2)19-23-20-18(14-5-4-6-17(14)27-20)21(26)24(19)10-16(25)13-7-8-15(22)12(3)9-13/h7-9,11H,4-6,10H2,1-3H3. The Kier molecular flexibility index (Phi) is 4.46. The fourth-order valence-electron chi connectivity index (χ4n) is 3.74. The molecule has 6 heteroatoms. The minimum atomic E-state index is -0.344. The number of halogens is 1. The first-order valence-electron chi connectivity index (χ1n) is 9.21. The number of ketones is 1. The van der Waals surface area contributed by atoms with Crippen LogP contribution in [0.1, 0.15) is 58.4 Å². The number of benzene rings is 1. The molecule has 4 rings (SSSR count). The summed E-state index contributed by atoms with van der Waals surface area (Å²) in [5.41, 5.74) is 1.81. The number of hydrogen-bond donors (Lipinski definition) is 0. The zero-order chi connectivity index (χ0) is 19.3. The lowest BCUT2D eigenvalue weighted by Crippen LogP contribution is -2.29. The maximum atomic E-state index is 13.5. The summed E-state index contributed by atoms with van der Waals surface area (Å²) in [5, 5.41) is 0.681. The summed E-state index contributed by atoms with van der Waals surface area (Å²) >= 11 is 1.61. The first-order valence-corrected chi connectivity index (χ1v) is 10.0. The minimum absolute atomic E-state index is 0.0156. The number of aryl methyl sites for hydroxylation is 3. The van der Waals surface area contributed by atoms with Crippen LogP contribution in [0.4, 0.5) is 4.39 Å². The van der Waals surface area contributed by atoms with E-state index in [4.69, 9.17) is 4.98 Å². The maximum absolute atomic E-state index is 13.5. The molecule has 0 unspecified atom stereocenters. The Morgan fingerprint density at radius 3 is 2.81 bits per heavy atom. The lowest BCUT2D eigenvalue weighted by molar-refractivity contribution is 0.0969. The molecule has 0 saturated carbocycles. The molecular formula is C21H21FN2O2S. The van der Waals surface area contributed by atoms with E-state index in [9.17, 15) is 14.0 Å². The topological polar surface area (TPSA) is 52.0 Å². The second kappa shape index (κ2) is 6.68. The summed E-state index contributed by atoms with van der Waals surface area (Å²) < 4.78 is 15.0. The average Bonchev–Trinajstić information content (AvgIpc) is 3.19. The molecule has 1 aliphatic rings. The molecule has 1 aliphatic carbocycles. The molecule has 0 saturated heterocycles. The highest BCUT2D eigenvalue weighted by atomic mass is 32.1. The lowest BCUT2D eigenvalue weighted by atomic mass is 10.1. The molecule has 2 aromatic heterocycles. The van der Waals surface area contributed by atoms with Gasteiger partial charge >= 0.3 is 0 Å². The number of aromatic nitrogens is 2. The van der Waals surface area contributed by atoms with E-state index in [1.54, 1.807) is 18.3 Å². The Morgan fingerprint density at radius 2 is 2.11 bits per heavy atom. The molecule has 3 aromatic rings. The number of rotatable bonds is 4.